The van der Waals surface area contributed by atoms with Crippen molar-refractivity contribution in [1.82, 2.24) is 10.6 Å². The van der Waals surface area contributed by atoms with Crippen molar-refractivity contribution in [3.8, 4) is 11.5 Å². The van der Waals surface area contributed by atoms with E-state index in [1.165, 1.54) is 0 Å². The molecule has 0 aliphatic rings. The van der Waals surface area contributed by atoms with Gasteiger partial charge in [0.25, 0.3) is 0 Å². The molecule has 0 radical (unpaired) electrons. The van der Waals surface area contributed by atoms with Crippen LogP contribution in [0.5, 0.6) is 11.5 Å². The maximum atomic E-state index is 11.9. The average molecular weight is 296 g/mol. The summed E-state index contributed by atoms with van der Waals surface area (Å²) in [7, 11) is 4.83. The highest BCUT2D eigenvalue weighted by molar-refractivity contribution is 5.78. The number of carbonyl (C=O) groups excluding carboxylic acids is 1. The van der Waals surface area contributed by atoms with Crippen LogP contribution in [0.15, 0.2) is 18.2 Å². The van der Waals surface area contributed by atoms with Crippen LogP contribution in [-0.4, -0.2) is 46.9 Å². The van der Waals surface area contributed by atoms with Crippen LogP contribution in [0.3, 0.4) is 0 Å². The van der Waals surface area contributed by atoms with Gasteiger partial charge in [-0.3, -0.25) is 4.79 Å². The van der Waals surface area contributed by atoms with Gasteiger partial charge in [-0.15, -0.1) is 0 Å². The number of hydrogen-bond acceptors (Lipinski definition) is 5. The average Bonchev–Trinajstić information content (AvgIpc) is 2.50. The number of carbonyl (C=O) groups is 1. The van der Waals surface area contributed by atoms with Crippen molar-refractivity contribution >= 4 is 5.91 Å². The third kappa shape index (κ3) is 5.61. The summed E-state index contributed by atoms with van der Waals surface area (Å²) in [6, 6.07) is 5.34. The molecular formula is C15H24N2O4. The van der Waals surface area contributed by atoms with Crippen LogP contribution in [0.4, 0.5) is 0 Å². The van der Waals surface area contributed by atoms with Crippen molar-refractivity contribution in [3.63, 3.8) is 0 Å². The fraction of sp³-hybridized carbons (Fsp3) is 0.533. The Morgan fingerprint density at radius 3 is 2.62 bits per heavy atom. The van der Waals surface area contributed by atoms with E-state index in [0.717, 1.165) is 17.1 Å². The van der Waals surface area contributed by atoms with E-state index in [1.54, 1.807) is 21.3 Å². The van der Waals surface area contributed by atoms with E-state index in [0.29, 0.717) is 13.2 Å². The first-order valence-electron chi connectivity index (χ1n) is 6.83. The smallest absolute Gasteiger partial charge is 0.234 e. The number of benzene rings is 1. The van der Waals surface area contributed by atoms with E-state index >= 15 is 0 Å². The van der Waals surface area contributed by atoms with Gasteiger partial charge in [0.15, 0.2) is 0 Å². The number of nitrogens with one attached hydrogen (secondary N) is 2. The Morgan fingerprint density at radius 2 is 2.00 bits per heavy atom. The molecule has 1 amide bonds. The lowest BCUT2D eigenvalue weighted by Gasteiger charge is -2.18. The van der Waals surface area contributed by atoms with Gasteiger partial charge < -0.3 is 24.8 Å². The standard InChI is InChI=1S/C15H24N2O4/c1-11(17-15(18)10-16-7-8-19-2)13-9-12(20-3)5-6-14(13)21-4/h5-6,9,11,16H,7-8,10H2,1-4H3,(H,17,18). The predicted octanol–water partition coefficient (Wildman–Crippen LogP) is 1.12. The number of amides is 1. The van der Waals surface area contributed by atoms with Gasteiger partial charge in [-0.25, -0.2) is 0 Å². The van der Waals surface area contributed by atoms with E-state index in [9.17, 15) is 4.79 Å². The molecular weight excluding hydrogens is 272 g/mol. The SMILES string of the molecule is COCCNCC(=O)NC(C)c1cc(OC)ccc1OC. The van der Waals surface area contributed by atoms with Crippen LogP contribution < -0.4 is 20.1 Å². The molecule has 0 saturated carbocycles. The first-order valence-corrected chi connectivity index (χ1v) is 6.83. The summed E-state index contributed by atoms with van der Waals surface area (Å²) in [6.45, 7) is 3.37. The molecule has 21 heavy (non-hydrogen) atoms. The molecule has 1 aromatic rings. The van der Waals surface area contributed by atoms with E-state index in [2.05, 4.69) is 10.6 Å². The van der Waals surface area contributed by atoms with Gasteiger partial charge in [-0.1, -0.05) is 0 Å². The van der Waals surface area contributed by atoms with Crippen molar-refractivity contribution in [2.75, 3.05) is 41.0 Å². The summed E-state index contributed by atoms with van der Waals surface area (Å²) in [5, 5.41) is 5.92. The van der Waals surface area contributed by atoms with Crippen molar-refractivity contribution in [2.45, 2.75) is 13.0 Å². The zero-order valence-corrected chi connectivity index (χ0v) is 13.1. The van der Waals surface area contributed by atoms with Crippen molar-refractivity contribution in [1.29, 1.82) is 0 Å². The Labute approximate surface area is 125 Å². The highest BCUT2D eigenvalue weighted by atomic mass is 16.5. The van der Waals surface area contributed by atoms with Gasteiger partial charge in [-0.2, -0.15) is 0 Å². The van der Waals surface area contributed by atoms with Crippen molar-refractivity contribution < 1.29 is 19.0 Å². The minimum atomic E-state index is -0.174. The maximum Gasteiger partial charge on any atom is 0.234 e. The molecule has 0 bridgehead atoms. The Kier molecular flexibility index (Phi) is 7.56. The lowest BCUT2D eigenvalue weighted by molar-refractivity contribution is -0.120. The highest BCUT2D eigenvalue weighted by Gasteiger charge is 2.14. The zero-order valence-electron chi connectivity index (χ0n) is 13.1. The van der Waals surface area contributed by atoms with Crippen LogP contribution in [0.25, 0.3) is 0 Å². The molecule has 1 unspecified atom stereocenters. The fourth-order valence-corrected chi connectivity index (χ4v) is 1.92. The monoisotopic (exact) mass is 296 g/mol. The summed E-state index contributed by atoms with van der Waals surface area (Å²) in [5.74, 6) is 1.37. The van der Waals surface area contributed by atoms with E-state index < -0.39 is 0 Å². The van der Waals surface area contributed by atoms with Crippen LogP contribution >= 0.6 is 0 Å². The molecule has 0 heterocycles. The summed E-state index contributed by atoms with van der Waals surface area (Å²) in [5.41, 5.74) is 0.877. The van der Waals surface area contributed by atoms with Gasteiger partial charge in [0.2, 0.25) is 5.91 Å². The normalized spacial score (nSPS) is 11.8. The molecule has 0 fully saturated rings. The van der Waals surface area contributed by atoms with Gasteiger partial charge in [-0.05, 0) is 25.1 Å². The predicted molar refractivity (Wildman–Crippen MR) is 80.8 cm³/mol. The van der Waals surface area contributed by atoms with Crippen molar-refractivity contribution in [3.05, 3.63) is 23.8 Å². The minimum Gasteiger partial charge on any atom is -0.497 e. The topological polar surface area (TPSA) is 68.8 Å². The number of ether oxygens (including phenoxy) is 3. The van der Waals surface area contributed by atoms with Crippen molar-refractivity contribution in [2.24, 2.45) is 0 Å². The second kappa shape index (κ2) is 9.20. The van der Waals surface area contributed by atoms with E-state index in [4.69, 9.17) is 14.2 Å². The van der Waals surface area contributed by atoms with Crippen LogP contribution in [0, 0.1) is 0 Å². The summed E-state index contributed by atoms with van der Waals surface area (Å²) in [6.07, 6.45) is 0. The Balaban J connectivity index is 2.61. The molecule has 0 aromatic heterocycles. The molecule has 2 N–H and O–H groups in total. The van der Waals surface area contributed by atoms with Gasteiger partial charge in [0, 0.05) is 19.2 Å². The maximum absolute atomic E-state index is 11.9. The zero-order chi connectivity index (χ0) is 15.7. The van der Waals surface area contributed by atoms with Gasteiger partial charge in [0.1, 0.15) is 11.5 Å². The molecule has 1 atom stereocenters. The largest absolute Gasteiger partial charge is 0.497 e. The molecule has 0 saturated heterocycles. The number of methoxy groups -OCH3 is 3. The first-order chi connectivity index (χ1) is 10.1. The second-order valence-corrected chi connectivity index (χ2v) is 4.57. The highest BCUT2D eigenvalue weighted by Crippen LogP contribution is 2.29. The fourth-order valence-electron chi connectivity index (χ4n) is 1.92. The summed E-state index contributed by atoms with van der Waals surface area (Å²) < 4.78 is 15.4. The number of rotatable bonds is 9. The molecule has 118 valence electrons. The lowest BCUT2D eigenvalue weighted by Crippen LogP contribution is -2.36. The second-order valence-electron chi connectivity index (χ2n) is 4.57. The van der Waals surface area contributed by atoms with Crippen LogP contribution in [0.1, 0.15) is 18.5 Å². The van der Waals surface area contributed by atoms with Crippen LogP contribution in [-0.2, 0) is 9.53 Å². The molecule has 6 heteroatoms. The van der Waals surface area contributed by atoms with E-state index in [1.807, 2.05) is 25.1 Å². The molecule has 0 aliphatic carbocycles. The third-order valence-electron chi connectivity index (χ3n) is 3.05. The summed E-state index contributed by atoms with van der Waals surface area (Å²) in [4.78, 5) is 11.9. The first kappa shape index (κ1) is 17.3. The quantitative estimate of drug-likeness (QED) is 0.668. The molecule has 0 spiro atoms. The summed E-state index contributed by atoms with van der Waals surface area (Å²) >= 11 is 0. The van der Waals surface area contributed by atoms with E-state index in [-0.39, 0.29) is 18.5 Å². The van der Waals surface area contributed by atoms with Gasteiger partial charge >= 0.3 is 0 Å². The van der Waals surface area contributed by atoms with Gasteiger partial charge in [0.05, 0.1) is 33.4 Å². The minimum absolute atomic E-state index is 0.0801. The lowest BCUT2D eigenvalue weighted by atomic mass is 10.1. The Morgan fingerprint density at radius 1 is 1.24 bits per heavy atom. The molecule has 0 aliphatic heterocycles. The van der Waals surface area contributed by atoms with Crippen LogP contribution in [0.2, 0.25) is 0 Å². The number of hydrogen-bond donors (Lipinski definition) is 2. The Hall–Kier alpha value is -1.79. The molecule has 1 aromatic carbocycles. The third-order valence-corrected chi connectivity index (χ3v) is 3.05. The molecule has 6 nitrogen and oxygen atoms in total. The molecule has 1 rings (SSSR count). The Bertz CT molecular complexity index is 451.